The summed E-state index contributed by atoms with van der Waals surface area (Å²) in [5, 5.41) is 8.18. The van der Waals surface area contributed by atoms with E-state index in [0.717, 1.165) is 13.0 Å². The molecule has 24 heavy (non-hydrogen) atoms. The van der Waals surface area contributed by atoms with Crippen LogP contribution in [0.2, 0.25) is 0 Å². The van der Waals surface area contributed by atoms with Crippen LogP contribution in [0.1, 0.15) is 52.2 Å². The van der Waals surface area contributed by atoms with Crippen molar-refractivity contribution in [1.29, 1.82) is 5.26 Å². The lowest BCUT2D eigenvalue weighted by atomic mass is 10.1. The van der Waals surface area contributed by atoms with Crippen LogP contribution in [0.5, 0.6) is 0 Å². The maximum absolute atomic E-state index is 10.9. The molecule has 0 aliphatic rings. The lowest BCUT2D eigenvalue weighted by Crippen LogP contribution is -2.29. The van der Waals surface area contributed by atoms with Gasteiger partial charge in [0.25, 0.3) is 0 Å². The topological polar surface area (TPSA) is 56.5 Å². The van der Waals surface area contributed by atoms with E-state index in [2.05, 4.69) is 36.2 Å². The van der Waals surface area contributed by atoms with Crippen molar-refractivity contribution in [3.05, 3.63) is 35.4 Å². The monoisotopic (exact) mass is 331 g/mol. The van der Waals surface area contributed by atoms with Crippen LogP contribution in [0.25, 0.3) is 0 Å². The lowest BCUT2D eigenvalue weighted by molar-refractivity contribution is -0.129. The molecule has 0 aliphatic carbocycles. The van der Waals surface area contributed by atoms with Crippen LogP contribution in [-0.2, 0) is 11.2 Å². The molecule has 1 aromatic carbocycles. The van der Waals surface area contributed by atoms with Gasteiger partial charge in [0.05, 0.1) is 6.07 Å². The number of carbonyl (C=O) groups excluding carboxylic acids is 1. The Morgan fingerprint density at radius 2 is 1.92 bits per heavy atom. The molecule has 134 valence electrons. The van der Waals surface area contributed by atoms with Gasteiger partial charge in [-0.2, -0.15) is 5.26 Å². The molecule has 0 unspecified atom stereocenters. The maximum atomic E-state index is 10.9. The first-order valence-corrected chi connectivity index (χ1v) is 8.73. The van der Waals surface area contributed by atoms with E-state index in [1.165, 1.54) is 11.1 Å². The van der Waals surface area contributed by atoms with Crippen molar-refractivity contribution < 1.29 is 4.79 Å². The number of carbonyl (C=O) groups is 1. The number of hydrogen-bond acceptors (Lipinski definition) is 3. The summed E-state index contributed by atoms with van der Waals surface area (Å²) in [7, 11) is 0. The van der Waals surface area contributed by atoms with Crippen molar-refractivity contribution in [3.63, 3.8) is 0 Å². The molecule has 1 rings (SSSR count). The van der Waals surface area contributed by atoms with Crippen molar-refractivity contribution in [1.82, 2.24) is 4.90 Å². The third-order valence-electron chi connectivity index (χ3n) is 3.14. The van der Waals surface area contributed by atoms with Crippen LogP contribution in [0.15, 0.2) is 29.3 Å². The van der Waals surface area contributed by atoms with E-state index in [1.54, 1.807) is 4.90 Å². The van der Waals surface area contributed by atoms with E-state index in [1.807, 2.05) is 46.9 Å². The third kappa shape index (κ3) is 12.4. The normalized spacial score (nSPS) is 9.21. The molecule has 0 saturated heterocycles. The molecule has 0 bridgehead atoms. The second-order valence-electron chi connectivity index (χ2n) is 4.80. The highest BCUT2D eigenvalue weighted by Gasteiger charge is 2.06. The Morgan fingerprint density at radius 1 is 1.29 bits per heavy atom. The van der Waals surface area contributed by atoms with E-state index < -0.39 is 0 Å². The fourth-order valence-corrected chi connectivity index (χ4v) is 1.95. The zero-order valence-corrected chi connectivity index (χ0v) is 16.2. The van der Waals surface area contributed by atoms with E-state index in [0.29, 0.717) is 13.1 Å². The Labute approximate surface area is 148 Å². The minimum atomic E-state index is -0.0764. The first-order chi connectivity index (χ1) is 11.6. The average Bonchev–Trinajstić information content (AvgIpc) is 2.59. The molecule has 0 N–H and O–H groups in total. The Kier molecular flexibility index (Phi) is 17.3. The van der Waals surface area contributed by atoms with Crippen molar-refractivity contribution in [2.24, 2.45) is 4.99 Å². The minimum Gasteiger partial charge on any atom is -0.342 e. The van der Waals surface area contributed by atoms with Crippen LogP contribution < -0.4 is 0 Å². The zero-order valence-electron chi connectivity index (χ0n) is 16.2. The predicted molar refractivity (Wildman–Crippen MR) is 103 cm³/mol. The second-order valence-corrected chi connectivity index (χ2v) is 4.80. The van der Waals surface area contributed by atoms with Crippen LogP contribution >= 0.6 is 0 Å². The van der Waals surface area contributed by atoms with E-state index in [-0.39, 0.29) is 12.3 Å². The molecule has 0 spiro atoms. The van der Waals surface area contributed by atoms with Gasteiger partial charge >= 0.3 is 0 Å². The summed E-state index contributed by atoms with van der Waals surface area (Å²) < 4.78 is 0. The summed E-state index contributed by atoms with van der Waals surface area (Å²) in [6.07, 6.45) is 2.91. The second kappa shape index (κ2) is 17.2. The van der Waals surface area contributed by atoms with Gasteiger partial charge < -0.3 is 4.90 Å². The van der Waals surface area contributed by atoms with Crippen molar-refractivity contribution in [3.8, 4) is 6.07 Å². The zero-order chi connectivity index (χ0) is 18.8. The number of amides is 1. The Bertz CT molecular complexity index is 500. The summed E-state index contributed by atoms with van der Waals surface area (Å²) in [5.41, 5.74) is 2.70. The highest BCUT2D eigenvalue weighted by Crippen LogP contribution is 2.04. The molecule has 4 nitrogen and oxygen atoms in total. The summed E-state index contributed by atoms with van der Waals surface area (Å²) in [6.45, 7) is 14.2. The number of hydrogen-bond donors (Lipinski definition) is 0. The number of aliphatic imine (C=N–C) groups is 1. The van der Waals surface area contributed by atoms with Crippen LogP contribution in [0, 0.1) is 18.3 Å². The average molecular weight is 332 g/mol. The summed E-state index contributed by atoms with van der Waals surface area (Å²) in [6, 6.07) is 10.4. The fraction of sp³-hybridized carbons (Fsp3) is 0.550. The van der Waals surface area contributed by atoms with Gasteiger partial charge in [-0.3, -0.25) is 9.79 Å². The molecule has 1 aromatic rings. The van der Waals surface area contributed by atoms with E-state index in [9.17, 15) is 4.79 Å². The minimum absolute atomic E-state index is 0.00167. The van der Waals surface area contributed by atoms with Gasteiger partial charge in [0.15, 0.2) is 0 Å². The Balaban J connectivity index is 0. The molecule has 0 heterocycles. The molecular weight excluding hydrogens is 298 g/mol. The highest BCUT2D eigenvalue weighted by atomic mass is 16.2. The molecule has 4 heteroatoms. The summed E-state index contributed by atoms with van der Waals surface area (Å²) in [5.74, 6) is -0.0764. The van der Waals surface area contributed by atoms with Gasteiger partial charge in [-0.15, -0.1) is 0 Å². The van der Waals surface area contributed by atoms with Gasteiger partial charge in [-0.25, -0.2) is 0 Å². The molecule has 0 fully saturated rings. The molecule has 0 aromatic heterocycles. The SMILES string of the molecule is CC.CC=NCCc1cccc(C)c1.CCN(CC)C(=O)CC#N. The standard InChI is InChI=1S/C11H15N.C7H12N2O.C2H6/c1-3-12-8-7-11-6-4-5-10(2)9-11;1-3-9(4-2)7(10)5-6-8;1-2/h3-6,9H,7-8H2,1-2H3;3-5H2,1-2H3;1-2H3. The smallest absolute Gasteiger partial charge is 0.236 e. The van der Waals surface area contributed by atoms with Crippen molar-refractivity contribution in [2.45, 2.75) is 54.4 Å². The highest BCUT2D eigenvalue weighted by molar-refractivity contribution is 5.78. The van der Waals surface area contributed by atoms with Gasteiger partial charge in [0, 0.05) is 19.6 Å². The number of benzene rings is 1. The summed E-state index contributed by atoms with van der Waals surface area (Å²) >= 11 is 0. The fourth-order valence-electron chi connectivity index (χ4n) is 1.95. The molecule has 0 atom stereocenters. The third-order valence-corrected chi connectivity index (χ3v) is 3.14. The van der Waals surface area contributed by atoms with Crippen molar-refractivity contribution in [2.75, 3.05) is 19.6 Å². The maximum Gasteiger partial charge on any atom is 0.236 e. The molecule has 0 saturated carbocycles. The van der Waals surface area contributed by atoms with Crippen LogP contribution in [0.3, 0.4) is 0 Å². The lowest BCUT2D eigenvalue weighted by Gasteiger charge is -2.16. The number of nitriles is 1. The van der Waals surface area contributed by atoms with Gasteiger partial charge in [0.1, 0.15) is 6.42 Å². The molecule has 1 amide bonds. The van der Waals surface area contributed by atoms with Crippen LogP contribution in [-0.4, -0.2) is 36.7 Å². The first kappa shape index (κ1) is 24.1. The van der Waals surface area contributed by atoms with Crippen LogP contribution in [0.4, 0.5) is 0 Å². The van der Waals surface area contributed by atoms with Gasteiger partial charge in [-0.05, 0) is 45.9 Å². The number of aryl methyl sites for hydroxylation is 1. The van der Waals surface area contributed by atoms with Gasteiger partial charge in [-0.1, -0.05) is 43.7 Å². The first-order valence-electron chi connectivity index (χ1n) is 8.73. The molecule has 0 aliphatic heterocycles. The molecular formula is C20H33N3O. The largest absolute Gasteiger partial charge is 0.342 e. The predicted octanol–water partition coefficient (Wildman–Crippen LogP) is 4.42. The van der Waals surface area contributed by atoms with Crippen molar-refractivity contribution >= 4 is 12.1 Å². The molecule has 0 radical (unpaired) electrons. The number of rotatable bonds is 6. The van der Waals surface area contributed by atoms with E-state index in [4.69, 9.17) is 5.26 Å². The van der Waals surface area contributed by atoms with Gasteiger partial charge in [0.2, 0.25) is 5.91 Å². The summed E-state index contributed by atoms with van der Waals surface area (Å²) in [4.78, 5) is 16.7. The quantitative estimate of drug-likeness (QED) is 0.724. The van der Waals surface area contributed by atoms with E-state index >= 15 is 0 Å². The Hall–Kier alpha value is -2.15. The Morgan fingerprint density at radius 3 is 2.38 bits per heavy atom. The number of nitrogens with zero attached hydrogens (tertiary/aromatic N) is 3.